The van der Waals surface area contributed by atoms with Gasteiger partial charge in [-0.25, -0.2) is 0 Å². The van der Waals surface area contributed by atoms with Gasteiger partial charge in [-0.1, -0.05) is 12.1 Å². The summed E-state index contributed by atoms with van der Waals surface area (Å²) in [5.74, 6) is 0. The Kier molecular flexibility index (Phi) is 2.46. The summed E-state index contributed by atoms with van der Waals surface area (Å²) >= 11 is 0. The third kappa shape index (κ3) is 1.94. The van der Waals surface area contributed by atoms with Gasteiger partial charge in [0.15, 0.2) is 0 Å². The molecule has 1 rings (SSSR count). The van der Waals surface area contributed by atoms with Gasteiger partial charge in [0, 0.05) is 0 Å². The van der Waals surface area contributed by atoms with Crippen molar-refractivity contribution in [1.82, 2.24) is 0 Å². The maximum absolute atomic E-state index is 8.54. The van der Waals surface area contributed by atoms with E-state index in [1.165, 1.54) is 0 Å². The van der Waals surface area contributed by atoms with Gasteiger partial charge >= 0.3 is 0 Å². The summed E-state index contributed by atoms with van der Waals surface area (Å²) in [5.41, 5.74) is 1.69. The highest BCUT2D eigenvalue weighted by Crippen LogP contribution is 2.03. The molecular formula is C10H8N. The van der Waals surface area contributed by atoms with Crippen LogP contribution in [-0.2, 0) is 6.42 Å². The van der Waals surface area contributed by atoms with Crippen LogP contribution in [-0.4, -0.2) is 0 Å². The van der Waals surface area contributed by atoms with Crippen LogP contribution in [0.3, 0.4) is 0 Å². The van der Waals surface area contributed by atoms with Crippen molar-refractivity contribution in [2.45, 2.75) is 6.42 Å². The zero-order valence-corrected chi connectivity index (χ0v) is 6.17. The molecule has 1 aromatic carbocycles. The molecule has 11 heavy (non-hydrogen) atoms. The predicted octanol–water partition coefficient (Wildman–Crippen LogP) is 2.09. The van der Waals surface area contributed by atoms with E-state index in [9.17, 15) is 0 Å². The van der Waals surface area contributed by atoms with E-state index in [1.807, 2.05) is 6.07 Å². The van der Waals surface area contributed by atoms with Crippen molar-refractivity contribution < 1.29 is 0 Å². The fraction of sp³-hybridized carbons (Fsp3) is 0.100. The average Bonchev–Trinajstić information content (AvgIpc) is 2.06. The second-order valence-corrected chi connectivity index (χ2v) is 2.21. The van der Waals surface area contributed by atoms with Gasteiger partial charge in [0.25, 0.3) is 0 Å². The molecule has 1 heteroatoms. The maximum atomic E-state index is 8.54. The molecule has 0 spiro atoms. The fourth-order valence-corrected chi connectivity index (χ4v) is 0.859. The third-order valence-corrected chi connectivity index (χ3v) is 1.35. The van der Waals surface area contributed by atoms with Crippen LogP contribution >= 0.6 is 0 Å². The standard InChI is InChI=1S/C10H8N/c1-2-4-9-5-3-6-10(7-9)8-11/h2-3,6-7H,1,4H2. The minimum absolute atomic E-state index is 0.681. The lowest BCUT2D eigenvalue weighted by atomic mass is 10.1. The van der Waals surface area contributed by atoms with E-state index in [-0.39, 0.29) is 0 Å². The van der Waals surface area contributed by atoms with Gasteiger partial charge < -0.3 is 0 Å². The largest absolute Gasteiger partial charge is 0.192 e. The zero-order chi connectivity index (χ0) is 8.10. The van der Waals surface area contributed by atoms with Crippen LogP contribution in [0.4, 0.5) is 0 Å². The van der Waals surface area contributed by atoms with Crippen LogP contribution < -0.4 is 0 Å². The lowest BCUT2D eigenvalue weighted by molar-refractivity contribution is 1.26. The van der Waals surface area contributed by atoms with Crippen LogP contribution in [0.5, 0.6) is 0 Å². The lowest BCUT2D eigenvalue weighted by Gasteiger charge is -1.93. The second kappa shape index (κ2) is 3.58. The minimum Gasteiger partial charge on any atom is -0.192 e. The van der Waals surface area contributed by atoms with Crippen LogP contribution in [0, 0.1) is 17.4 Å². The summed E-state index contributed by atoms with van der Waals surface area (Å²) in [6.45, 7) is 3.61. The molecule has 53 valence electrons. The monoisotopic (exact) mass is 142 g/mol. The van der Waals surface area contributed by atoms with Gasteiger partial charge in [-0.05, 0) is 30.2 Å². The van der Waals surface area contributed by atoms with Crippen molar-refractivity contribution in [2.75, 3.05) is 0 Å². The Labute approximate surface area is 66.6 Å². The lowest BCUT2D eigenvalue weighted by Crippen LogP contribution is -1.81. The normalized spacial score (nSPS) is 8.64. The van der Waals surface area contributed by atoms with Crippen LogP contribution in [0.2, 0.25) is 0 Å². The Hall–Kier alpha value is -1.55. The van der Waals surface area contributed by atoms with Crippen LogP contribution in [0.15, 0.2) is 30.9 Å². The SMILES string of the molecule is C=CCc1[c]ccc(C#N)c1. The molecule has 0 fully saturated rings. The highest BCUT2D eigenvalue weighted by atomic mass is 14.2. The summed E-state index contributed by atoms with van der Waals surface area (Å²) in [6, 6.07) is 10.4. The molecule has 0 N–H and O–H groups in total. The number of hydrogen-bond acceptors (Lipinski definition) is 1. The smallest absolute Gasteiger partial charge is 0.0991 e. The van der Waals surface area contributed by atoms with Gasteiger partial charge in [0.2, 0.25) is 0 Å². The minimum atomic E-state index is 0.681. The predicted molar refractivity (Wildman–Crippen MR) is 43.9 cm³/mol. The summed E-state index contributed by atoms with van der Waals surface area (Å²) in [4.78, 5) is 0. The van der Waals surface area contributed by atoms with Crippen molar-refractivity contribution >= 4 is 0 Å². The maximum Gasteiger partial charge on any atom is 0.0991 e. The molecule has 0 heterocycles. The van der Waals surface area contributed by atoms with E-state index < -0.39 is 0 Å². The molecule has 0 atom stereocenters. The average molecular weight is 142 g/mol. The zero-order valence-electron chi connectivity index (χ0n) is 6.17. The molecule has 0 amide bonds. The molecule has 0 saturated heterocycles. The van der Waals surface area contributed by atoms with Crippen molar-refractivity contribution in [3.8, 4) is 6.07 Å². The first kappa shape index (κ1) is 7.56. The quantitative estimate of drug-likeness (QED) is 0.580. The molecule has 1 nitrogen and oxygen atoms in total. The number of benzene rings is 1. The van der Waals surface area contributed by atoms with Crippen molar-refractivity contribution in [2.24, 2.45) is 0 Å². The van der Waals surface area contributed by atoms with Gasteiger partial charge in [-0.3, -0.25) is 0 Å². The van der Waals surface area contributed by atoms with Gasteiger partial charge in [0.1, 0.15) is 0 Å². The molecule has 1 aromatic rings. The number of rotatable bonds is 2. The van der Waals surface area contributed by atoms with Gasteiger partial charge in [0.05, 0.1) is 11.6 Å². The van der Waals surface area contributed by atoms with Gasteiger partial charge in [-0.2, -0.15) is 5.26 Å². The van der Waals surface area contributed by atoms with Gasteiger partial charge in [-0.15, -0.1) is 6.58 Å². The molecule has 1 radical (unpaired) electrons. The first-order valence-corrected chi connectivity index (χ1v) is 3.38. The molecule has 0 aliphatic heterocycles. The summed E-state index contributed by atoms with van der Waals surface area (Å²) < 4.78 is 0. The molecule has 0 unspecified atom stereocenters. The summed E-state index contributed by atoms with van der Waals surface area (Å²) in [5, 5.41) is 8.54. The number of allylic oxidation sites excluding steroid dienone is 1. The van der Waals surface area contributed by atoms with E-state index in [4.69, 9.17) is 5.26 Å². The molecule has 0 aliphatic rings. The van der Waals surface area contributed by atoms with E-state index in [0.717, 1.165) is 12.0 Å². The molecule has 0 aliphatic carbocycles. The Morgan fingerprint density at radius 2 is 2.55 bits per heavy atom. The van der Waals surface area contributed by atoms with E-state index in [1.54, 1.807) is 18.2 Å². The first-order chi connectivity index (χ1) is 5.36. The number of nitriles is 1. The third-order valence-electron chi connectivity index (χ3n) is 1.35. The highest BCUT2D eigenvalue weighted by Gasteiger charge is 1.91. The Bertz CT molecular complexity index is 294. The van der Waals surface area contributed by atoms with Crippen molar-refractivity contribution in [3.63, 3.8) is 0 Å². The molecule has 0 bridgehead atoms. The van der Waals surface area contributed by atoms with Crippen LogP contribution in [0.25, 0.3) is 0 Å². The number of hydrogen-bond donors (Lipinski definition) is 0. The van der Waals surface area contributed by atoms with E-state index >= 15 is 0 Å². The van der Waals surface area contributed by atoms with Crippen LogP contribution in [0.1, 0.15) is 11.1 Å². The fourth-order valence-electron chi connectivity index (χ4n) is 0.859. The Morgan fingerprint density at radius 3 is 3.18 bits per heavy atom. The first-order valence-electron chi connectivity index (χ1n) is 3.38. The molecule has 0 aromatic heterocycles. The van der Waals surface area contributed by atoms with Crippen molar-refractivity contribution in [1.29, 1.82) is 5.26 Å². The molecular weight excluding hydrogens is 134 g/mol. The topological polar surface area (TPSA) is 23.8 Å². The van der Waals surface area contributed by atoms with E-state index in [0.29, 0.717) is 5.56 Å². The van der Waals surface area contributed by atoms with Crippen molar-refractivity contribution in [3.05, 3.63) is 48.0 Å². The Morgan fingerprint density at radius 1 is 1.73 bits per heavy atom. The molecule has 0 saturated carbocycles. The Balaban J connectivity index is 2.93. The highest BCUT2D eigenvalue weighted by molar-refractivity contribution is 5.32. The second-order valence-electron chi connectivity index (χ2n) is 2.21. The van der Waals surface area contributed by atoms with E-state index in [2.05, 4.69) is 18.7 Å². The number of nitrogens with zero attached hydrogens (tertiary/aromatic N) is 1. The summed E-state index contributed by atoms with van der Waals surface area (Å²) in [7, 11) is 0. The summed E-state index contributed by atoms with van der Waals surface area (Å²) in [6.07, 6.45) is 2.57.